The summed E-state index contributed by atoms with van der Waals surface area (Å²) in [6.45, 7) is -0.911. The first-order valence-electron chi connectivity index (χ1n) is 11.8. The van der Waals surface area contributed by atoms with Gasteiger partial charge in [0.1, 0.15) is 18.1 Å². The van der Waals surface area contributed by atoms with Gasteiger partial charge in [0.15, 0.2) is 5.96 Å². The molecule has 15 heteroatoms. The topological polar surface area (TPSA) is 247 Å². The molecule has 38 heavy (non-hydrogen) atoms. The number of amides is 5. The van der Waals surface area contributed by atoms with Crippen LogP contribution in [0.4, 0.5) is 0 Å². The van der Waals surface area contributed by atoms with Crippen molar-refractivity contribution in [2.45, 2.75) is 43.8 Å². The summed E-state index contributed by atoms with van der Waals surface area (Å²) >= 11 is 0. The van der Waals surface area contributed by atoms with E-state index in [1.165, 1.54) is 0 Å². The van der Waals surface area contributed by atoms with Gasteiger partial charge < -0.3 is 43.2 Å². The van der Waals surface area contributed by atoms with E-state index in [0.717, 1.165) is 0 Å². The van der Waals surface area contributed by atoms with E-state index in [1.807, 2.05) is 0 Å². The van der Waals surface area contributed by atoms with E-state index in [9.17, 15) is 33.9 Å². The van der Waals surface area contributed by atoms with Crippen molar-refractivity contribution in [3.05, 3.63) is 35.9 Å². The molecule has 5 amide bonds. The fourth-order valence-corrected chi connectivity index (χ4v) is 3.56. The predicted octanol–water partition coefficient (Wildman–Crippen LogP) is -3.54. The van der Waals surface area contributed by atoms with Crippen molar-refractivity contribution in [3.63, 3.8) is 0 Å². The molecule has 0 radical (unpaired) electrons. The second-order valence-corrected chi connectivity index (χ2v) is 8.47. The van der Waals surface area contributed by atoms with E-state index in [2.05, 4.69) is 31.6 Å². The zero-order valence-corrected chi connectivity index (χ0v) is 20.6. The van der Waals surface area contributed by atoms with Crippen LogP contribution in [0.15, 0.2) is 35.3 Å². The van der Waals surface area contributed by atoms with Gasteiger partial charge in [-0.3, -0.25) is 33.8 Å². The molecule has 0 aliphatic carbocycles. The summed E-state index contributed by atoms with van der Waals surface area (Å²) in [5.41, 5.74) is 11.3. The average Bonchev–Trinajstić information content (AvgIpc) is 2.86. The molecular weight excluding hydrogens is 500 g/mol. The van der Waals surface area contributed by atoms with Crippen LogP contribution in [0, 0.1) is 0 Å². The van der Waals surface area contributed by atoms with Crippen LogP contribution in [-0.4, -0.2) is 84.3 Å². The molecule has 10 N–H and O–H groups in total. The zero-order chi connectivity index (χ0) is 28.1. The van der Waals surface area contributed by atoms with Crippen LogP contribution in [-0.2, 0) is 35.2 Å². The number of benzene rings is 1. The number of carboxylic acid groups (broad SMARTS) is 1. The fourth-order valence-electron chi connectivity index (χ4n) is 3.56. The number of nitrogens with zero attached hydrogens (tertiary/aromatic N) is 1. The van der Waals surface area contributed by atoms with E-state index in [0.29, 0.717) is 12.0 Å². The number of aliphatic imine (C=N–C) groups is 1. The monoisotopic (exact) mass is 532 g/mol. The first-order chi connectivity index (χ1) is 18.0. The number of carbonyl (C=O) groups excluding carboxylic acids is 5. The lowest BCUT2D eigenvalue weighted by atomic mass is 10.0. The SMILES string of the molecule is NC(N)=NCCC[C@@H]1NC(=O)CNC(=O)[C@H](Cc2ccccc2)NC(=O)[C@H](CC(=O)O)NC(=O)CNC1=O. The largest absolute Gasteiger partial charge is 0.481 e. The third-order valence-electron chi connectivity index (χ3n) is 5.39. The molecule has 1 aromatic carbocycles. The third kappa shape index (κ3) is 10.5. The smallest absolute Gasteiger partial charge is 0.305 e. The summed E-state index contributed by atoms with van der Waals surface area (Å²) in [7, 11) is 0. The molecule has 1 saturated heterocycles. The maximum absolute atomic E-state index is 12.9. The number of guanidine groups is 1. The molecule has 1 aliphatic heterocycles. The van der Waals surface area contributed by atoms with Gasteiger partial charge in [0, 0.05) is 13.0 Å². The van der Waals surface area contributed by atoms with Crippen LogP contribution in [0.25, 0.3) is 0 Å². The van der Waals surface area contributed by atoms with Crippen LogP contribution in [0.3, 0.4) is 0 Å². The molecule has 15 nitrogen and oxygen atoms in total. The lowest BCUT2D eigenvalue weighted by Crippen LogP contribution is -2.56. The first-order valence-corrected chi connectivity index (χ1v) is 11.8. The first kappa shape index (κ1) is 29.5. The van der Waals surface area contributed by atoms with Gasteiger partial charge in [-0.2, -0.15) is 0 Å². The Kier molecular flexibility index (Phi) is 11.5. The Balaban J connectivity index is 2.27. The standard InChI is InChI=1S/C23H32N8O7/c24-23(25)26-8-4-7-14-20(36)27-12-18(33)30-16(10-19(34)35)22(38)31-15(9-13-5-2-1-3-6-13)21(37)28-11-17(32)29-14/h1-3,5-6,14-16H,4,7-12H2,(H,27,36)(H,28,37)(H,29,32)(H,30,33)(H,31,38)(H,34,35)(H4,24,25,26)/t14-,15-,16-/m0/s1. The van der Waals surface area contributed by atoms with Crippen molar-refractivity contribution in [1.82, 2.24) is 26.6 Å². The molecule has 206 valence electrons. The normalized spacial score (nSPS) is 21.4. The van der Waals surface area contributed by atoms with Crippen molar-refractivity contribution in [2.75, 3.05) is 19.6 Å². The Morgan fingerprint density at radius 3 is 2.00 bits per heavy atom. The van der Waals surface area contributed by atoms with Crippen molar-refractivity contribution >= 4 is 41.5 Å². The van der Waals surface area contributed by atoms with E-state index >= 15 is 0 Å². The van der Waals surface area contributed by atoms with E-state index in [4.69, 9.17) is 11.5 Å². The summed E-state index contributed by atoms with van der Waals surface area (Å²) < 4.78 is 0. The molecule has 0 bridgehead atoms. The highest BCUT2D eigenvalue weighted by Crippen LogP contribution is 2.05. The maximum Gasteiger partial charge on any atom is 0.305 e. The van der Waals surface area contributed by atoms with Crippen LogP contribution in [0.1, 0.15) is 24.8 Å². The molecule has 1 fully saturated rings. The molecule has 1 heterocycles. The Bertz CT molecular complexity index is 1060. The second kappa shape index (κ2) is 14.8. The zero-order valence-electron chi connectivity index (χ0n) is 20.6. The lowest BCUT2D eigenvalue weighted by molar-refractivity contribution is -0.141. The van der Waals surface area contributed by atoms with Gasteiger partial charge in [-0.1, -0.05) is 30.3 Å². The Labute approximate surface area is 218 Å². The maximum atomic E-state index is 12.9. The third-order valence-corrected chi connectivity index (χ3v) is 5.39. The van der Waals surface area contributed by atoms with Crippen molar-refractivity contribution in [2.24, 2.45) is 16.5 Å². The minimum Gasteiger partial charge on any atom is -0.481 e. The summed E-state index contributed by atoms with van der Waals surface area (Å²) in [5, 5.41) is 21.2. The highest BCUT2D eigenvalue weighted by atomic mass is 16.4. The number of rotatable bonds is 8. The van der Waals surface area contributed by atoms with Crippen LogP contribution >= 0.6 is 0 Å². The molecule has 1 aromatic rings. The molecular formula is C23H32N8O7. The summed E-state index contributed by atoms with van der Waals surface area (Å²) in [5.74, 6) is -5.38. The number of carbonyl (C=O) groups is 6. The van der Waals surface area contributed by atoms with Crippen LogP contribution < -0.4 is 38.1 Å². The lowest BCUT2D eigenvalue weighted by Gasteiger charge is -2.22. The van der Waals surface area contributed by atoms with E-state index < -0.39 is 73.1 Å². The van der Waals surface area contributed by atoms with Gasteiger partial charge in [0.2, 0.25) is 29.5 Å². The molecule has 1 aliphatic rings. The van der Waals surface area contributed by atoms with Gasteiger partial charge in [0.25, 0.3) is 0 Å². The highest BCUT2D eigenvalue weighted by molar-refractivity contribution is 5.97. The molecule has 0 unspecified atom stereocenters. The van der Waals surface area contributed by atoms with Crippen molar-refractivity contribution in [1.29, 1.82) is 0 Å². The number of carboxylic acids is 1. The van der Waals surface area contributed by atoms with Gasteiger partial charge in [-0.25, -0.2) is 0 Å². The number of nitrogens with two attached hydrogens (primary N) is 2. The number of nitrogens with one attached hydrogen (secondary N) is 5. The molecule has 2 rings (SSSR count). The van der Waals surface area contributed by atoms with Crippen LogP contribution in [0.5, 0.6) is 0 Å². The Morgan fingerprint density at radius 2 is 1.42 bits per heavy atom. The summed E-state index contributed by atoms with van der Waals surface area (Å²) in [6, 6.07) is 4.89. The molecule has 3 atom stereocenters. The van der Waals surface area contributed by atoms with E-state index in [-0.39, 0.29) is 25.3 Å². The average molecular weight is 533 g/mol. The van der Waals surface area contributed by atoms with Gasteiger partial charge in [-0.05, 0) is 18.4 Å². The number of aliphatic carboxylic acids is 1. The van der Waals surface area contributed by atoms with Gasteiger partial charge >= 0.3 is 5.97 Å². The number of hydrogen-bond acceptors (Lipinski definition) is 7. The Morgan fingerprint density at radius 1 is 0.842 bits per heavy atom. The van der Waals surface area contributed by atoms with Crippen molar-refractivity contribution in [3.8, 4) is 0 Å². The molecule has 0 spiro atoms. The fraction of sp³-hybridized carbons (Fsp3) is 0.435. The second-order valence-electron chi connectivity index (χ2n) is 8.47. The number of hydrogen-bond donors (Lipinski definition) is 8. The van der Waals surface area contributed by atoms with Gasteiger partial charge in [-0.15, -0.1) is 0 Å². The summed E-state index contributed by atoms with van der Waals surface area (Å²) in [4.78, 5) is 78.6. The minimum atomic E-state index is -1.52. The van der Waals surface area contributed by atoms with Gasteiger partial charge in [0.05, 0.1) is 19.5 Å². The van der Waals surface area contributed by atoms with E-state index in [1.54, 1.807) is 30.3 Å². The van der Waals surface area contributed by atoms with Crippen molar-refractivity contribution < 1.29 is 33.9 Å². The minimum absolute atomic E-state index is 0.0290. The molecule has 0 saturated carbocycles. The Hall–Kier alpha value is -4.69. The summed E-state index contributed by atoms with van der Waals surface area (Å²) in [6.07, 6.45) is -0.310. The highest BCUT2D eigenvalue weighted by Gasteiger charge is 2.30. The predicted molar refractivity (Wildman–Crippen MR) is 134 cm³/mol. The van der Waals surface area contributed by atoms with Crippen LogP contribution in [0.2, 0.25) is 0 Å². The molecule has 0 aromatic heterocycles. The quantitative estimate of drug-likeness (QED) is 0.0936.